The van der Waals surface area contributed by atoms with Gasteiger partial charge in [0.2, 0.25) is 0 Å². The lowest BCUT2D eigenvalue weighted by molar-refractivity contribution is 0.460. The second-order valence-corrected chi connectivity index (χ2v) is 8.88. The summed E-state index contributed by atoms with van der Waals surface area (Å²) in [5.41, 5.74) is 9.79. The van der Waals surface area contributed by atoms with Crippen LogP contribution >= 0.6 is 0 Å². The lowest BCUT2D eigenvalue weighted by Crippen LogP contribution is -2.06. The predicted molar refractivity (Wildman–Crippen MR) is 136 cm³/mol. The molecule has 0 N–H and O–H groups in total. The van der Waals surface area contributed by atoms with E-state index in [-0.39, 0.29) is 0 Å². The largest absolute Gasteiger partial charge is 0.457 e. The van der Waals surface area contributed by atoms with E-state index in [1.165, 1.54) is 44.5 Å². The van der Waals surface area contributed by atoms with E-state index >= 15 is 0 Å². The molecule has 0 aliphatic carbocycles. The van der Waals surface area contributed by atoms with Crippen LogP contribution in [0.15, 0.2) is 109 Å². The van der Waals surface area contributed by atoms with Gasteiger partial charge < -0.3 is 9.47 Å². The molecule has 34 heavy (non-hydrogen) atoms. The molecule has 2 heterocycles. The summed E-state index contributed by atoms with van der Waals surface area (Å²) < 4.78 is 12.6. The highest BCUT2D eigenvalue weighted by Gasteiger charge is 2.24. The van der Waals surface area contributed by atoms with Gasteiger partial charge in [-0.05, 0) is 57.6 Å². The van der Waals surface area contributed by atoms with Gasteiger partial charge in [0.15, 0.2) is 0 Å². The molecular weight excluding hydrogens is 416 g/mol. The van der Waals surface area contributed by atoms with Crippen LogP contribution in [0.2, 0.25) is 0 Å². The number of para-hydroxylation sites is 2. The zero-order chi connectivity index (χ0) is 22.5. The highest BCUT2D eigenvalue weighted by molar-refractivity contribution is 5.88. The normalized spacial score (nSPS) is 12.9. The molecule has 0 spiro atoms. The summed E-state index contributed by atoms with van der Waals surface area (Å²) in [6, 6.07) is 38.1. The summed E-state index contributed by atoms with van der Waals surface area (Å²) in [5.74, 6) is 3.79. The van der Waals surface area contributed by atoms with E-state index in [4.69, 9.17) is 9.47 Å². The summed E-state index contributed by atoms with van der Waals surface area (Å²) in [4.78, 5) is 0. The van der Waals surface area contributed by atoms with Crippen molar-refractivity contribution in [2.45, 2.75) is 12.8 Å². The Morgan fingerprint density at radius 2 is 0.735 bits per heavy atom. The van der Waals surface area contributed by atoms with Crippen molar-refractivity contribution in [2.75, 3.05) is 0 Å². The Labute approximate surface area is 199 Å². The number of fused-ring (bicyclic) bond motifs is 4. The van der Waals surface area contributed by atoms with Crippen molar-refractivity contribution in [3.05, 3.63) is 131 Å². The Morgan fingerprint density at radius 3 is 1.24 bits per heavy atom. The van der Waals surface area contributed by atoms with Crippen LogP contribution in [0.4, 0.5) is 0 Å². The Hall–Kier alpha value is -4.30. The Bertz CT molecular complexity index is 1450. The molecule has 0 saturated heterocycles. The van der Waals surface area contributed by atoms with Gasteiger partial charge in [0.05, 0.1) is 0 Å². The fourth-order valence-corrected chi connectivity index (χ4v) is 5.26. The Morgan fingerprint density at radius 1 is 0.353 bits per heavy atom. The lowest BCUT2D eigenvalue weighted by atomic mass is 9.85. The SMILES string of the molecule is c1ccc2c(c1)Cc1c(cccc1-c1ccccc1-c1cccc3c1Cc1ccccc1O3)O2. The van der Waals surface area contributed by atoms with Crippen LogP contribution in [-0.4, -0.2) is 0 Å². The van der Waals surface area contributed by atoms with E-state index in [9.17, 15) is 0 Å². The van der Waals surface area contributed by atoms with Crippen LogP contribution in [0, 0.1) is 0 Å². The minimum absolute atomic E-state index is 0.861. The van der Waals surface area contributed by atoms with Gasteiger partial charge >= 0.3 is 0 Å². The molecule has 2 aliphatic heterocycles. The second kappa shape index (κ2) is 7.64. The summed E-state index contributed by atoms with van der Waals surface area (Å²) in [7, 11) is 0. The van der Waals surface area contributed by atoms with E-state index in [1.54, 1.807) is 0 Å². The standard InChI is InChI=1S/C32H22O2/c1-5-15-29-21(9-1)19-27-25(13-7-17-31(27)33-29)23-11-3-4-12-24(23)26-14-8-18-32-28(26)20-22-10-2-6-16-30(22)34-32/h1-18H,19-20H2. The van der Waals surface area contributed by atoms with E-state index in [0.717, 1.165) is 35.8 Å². The molecule has 0 unspecified atom stereocenters. The minimum Gasteiger partial charge on any atom is -0.457 e. The maximum Gasteiger partial charge on any atom is 0.131 e. The number of benzene rings is 5. The maximum absolute atomic E-state index is 6.29. The molecule has 0 radical (unpaired) electrons. The fourth-order valence-electron chi connectivity index (χ4n) is 5.26. The first-order chi connectivity index (χ1) is 16.8. The predicted octanol–water partition coefficient (Wildman–Crippen LogP) is 8.41. The zero-order valence-electron chi connectivity index (χ0n) is 18.6. The van der Waals surface area contributed by atoms with Gasteiger partial charge in [0, 0.05) is 24.0 Å². The summed E-state index contributed by atoms with van der Waals surface area (Å²) in [5, 5.41) is 0. The number of hydrogen-bond donors (Lipinski definition) is 0. The molecule has 0 aromatic heterocycles. The number of hydrogen-bond acceptors (Lipinski definition) is 2. The van der Waals surface area contributed by atoms with Gasteiger partial charge in [-0.1, -0.05) is 84.9 Å². The van der Waals surface area contributed by atoms with Crippen LogP contribution < -0.4 is 9.47 Å². The molecule has 2 heteroatoms. The van der Waals surface area contributed by atoms with E-state index in [0.29, 0.717) is 0 Å². The van der Waals surface area contributed by atoms with Gasteiger partial charge in [-0.3, -0.25) is 0 Å². The molecule has 0 fully saturated rings. The fraction of sp³-hybridized carbons (Fsp3) is 0.0625. The van der Waals surface area contributed by atoms with Crippen molar-refractivity contribution >= 4 is 0 Å². The molecule has 0 saturated carbocycles. The van der Waals surface area contributed by atoms with Crippen molar-refractivity contribution in [3.63, 3.8) is 0 Å². The molecule has 2 nitrogen and oxygen atoms in total. The van der Waals surface area contributed by atoms with Crippen molar-refractivity contribution < 1.29 is 9.47 Å². The molecule has 0 atom stereocenters. The minimum atomic E-state index is 0.861. The molecule has 5 aromatic rings. The molecule has 7 rings (SSSR count). The quantitative estimate of drug-likeness (QED) is 0.270. The molecule has 162 valence electrons. The van der Waals surface area contributed by atoms with Crippen molar-refractivity contribution in [1.29, 1.82) is 0 Å². The van der Waals surface area contributed by atoms with Crippen LogP contribution in [-0.2, 0) is 12.8 Å². The third kappa shape index (κ3) is 3.03. The van der Waals surface area contributed by atoms with Gasteiger partial charge in [-0.2, -0.15) is 0 Å². The van der Waals surface area contributed by atoms with Crippen molar-refractivity contribution in [1.82, 2.24) is 0 Å². The first-order valence-electron chi connectivity index (χ1n) is 11.7. The van der Waals surface area contributed by atoms with Crippen LogP contribution in [0.3, 0.4) is 0 Å². The summed E-state index contributed by atoms with van der Waals surface area (Å²) in [6.45, 7) is 0. The monoisotopic (exact) mass is 438 g/mol. The first-order valence-corrected chi connectivity index (χ1v) is 11.7. The van der Waals surface area contributed by atoms with Gasteiger partial charge in [-0.15, -0.1) is 0 Å². The van der Waals surface area contributed by atoms with Gasteiger partial charge in [0.25, 0.3) is 0 Å². The summed E-state index contributed by atoms with van der Waals surface area (Å²) >= 11 is 0. The topological polar surface area (TPSA) is 18.5 Å². The maximum atomic E-state index is 6.29. The third-order valence-electron chi connectivity index (χ3n) is 6.89. The molecule has 5 aromatic carbocycles. The molecule has 0 amide bonds. The van der Waals surface area contributed by atoms with E-state index in [1.807, 2.05) is 24.3 Å². The Balaban J connectivity index is 1.38. The zero-order valence-corrected chi connectivity index (χ0v) is 18.6. The summed E-state index contributed by atoms with van der Waals surface area (Å²) in [6.07, 6.45) is 1.72. The lowest BCUT2D eigenvalue weighted by Gasteiger charge is -2.25. The molecular formula is C32H22O2. The van der Waals surface area contributed by atoms with Crippen molar-refractivity contribution in [3.8, 4) is 45.3 Å². The Kier molecular flexibility index (Phi) is 4.31. The highest BCUT2D eigenvalue weighted by Crippen LogP contribution is 2.46. The smallest absolute Gasteiger partial charge is 0.131 e. The molecule has 0 bridgehead atoms. The second-order valence-electron chi connectivity index (χ2n) is 8.88. The number of ether oxygens (including phenoxy) is 2. The molecule has 2 aliphatic rings. The van der Waals surface area contributed by atoms with Gasteiger partial charge in [-0.25, -0.2) is 0 Å². The highest BCUT2D eigenvalue weighted by atomic mass is 16.5. The average Bonchev–Trinajstić information content (AvgIpc) is 2.90. The first kappa shape index (κ1) is 19.2. The third-order valence-corrected chi connectivity index (χ3v) is 6.89. The van der Waals surface area contributed by atoms with Crippen molar-refractivity contribution in [2.24, 2.45) is 0 Å². The van der Waals surface area contributed by atoms with E-state index < -0.39 is 0 Å². The van der Waals surface area contributed by atoms with Crippen LogP contribution in [0.5, 0.6) is 23.0 Å². The average molecular weight is 439 g/mol. The van der Waals surface area contributed by atoms with Crippen LogP contribution in [0.25, 0.3) is 22.3 Å². The van der Waals surface area contributed by atoms with E-state index in [2.05, 4.69) is 84.9 Å². The van der Waals surface area contributed by atoms with Crippen LogP contribution in [0.1, 0.15) is 22.3 Å². The van der Waals surface area contributed by atoms with Gasteiger partial charge in [0.1, 0.15) is 23.0 Å². The number of rotatable bonds is 2.